The number of hydrogen-bond acceptors (Lipinski definition) is 3. The van der Waals surface area contributed by atoms with E-state index in [0.717, 1.165) is 18.7 Å². The van der Waals surface area contributed by atoms with Gasteiger partial charge in [0.15, 0.2) is 0 Å². The maximum absolute atomic E-state index is 9.14. The molecule has 82 valence electrons. The van der Waals surface area contributed by atoms with E-state index in [1.54, 1.807) is 12.1 Å². The number of rotatable bonds is 2. The molecule has 0 bridgehead atoms. The SMILES string of the molecule is Oc1ccc(NC2CCOCC2Cl)cc1. The fourth-order valence-electron chi connectivity index (χ4n) is 1.64. The lowest BCUT2D eigenvalue weighted by atomic mass is 10.1. The van der Waals surface area contributed by atoms with Crippen molar-refractivity contribution in [3.63, 3.8) is 0 Å². The van der Waals surface area contributed by atoms with Gasteiger partial charge in [-0.1, -0.05) is 0 Å². The van der Waals surface area contributed by atoms with Crippen LogP contribution in [-0.2, 0) is 4.74 Å². The summed E-state index contributed by atoms with van der Waals surface area (Å²) in [6.45, 7) is 1.34. The van der Waals surface area contributed by atoms with E-state index in [0.29, 0.717) is 6.61 Å². The van der Waals surface area contributed by atoms with E-state index in [9.17, 15) is 0 Å². The lowest BCUT2D eigenvalue weighted by molar-refractivity contribution is 0.0935. The molecule has 0 radical (unpaired) electrons. The van der Waals surface area contributed by atoms with Crippen molar-refractivity contribution in [1.29, 1.82) is 0 Å². The van der Waals surface area contributed by atoms with Crippen LogP contribution >= 0.6 is 11.6 Å². The number of ether oxygens (including phenoxy) is 1. The monoisotopic (exact) mass is 227 g/mol. The standard InChI is InChI=1S/C11H14ClNO2/c12-10-7-15-6-5-11(10)13-8-1-3-9(14)4-2-8/h1-4,10-11,13-14H,5-7H2. The van der Waals surface area contributed by atoms with Gasteiger partial charge in [0.2, 0.25) is 0 Å². The molecule has 3 nitrogen and oxygen atoms in total. The first-order chi connectivity index (χ1) is 7.25. The minimum absolute atomic E-state index is 0.00699. The lowest BCUT2D eigenvalue weighted by Gasteiger charge is -2.28. The Labute approximate surface area is 94.0 Å². The first-order valence-electron chi connectivity index (χ1n) is 5.03. The van der Waals surface area contributed by atoms with Crippen molar-refractivity contribution in [2.24, 2.45) is 0 Å². The second-order valence-corrected chi connectivity index (χ2v) is 4.24. The van der Waals surface area contributed by atoms with E-state index in [1.807, 2.05) is 12.1 Å². The summed E-state index contributed by atoms with van der Waals surface area (Å²) in [6.07, 6.45) is 0.912. The van der Waals surface area contributed by atoms with Crippen molar-refractivity contribution >= 4 is 17.3 Å². The molecule has 2 rings (SSSR count). The number of phenols is 1. The summed E-state index contributed by atoms with van der Waals surface area (Å²) in [5.74, 6) is 0.273. The molecule has 1 aromatic carbocycles. The Hall–Kier alpha value is -0.930. The number of phenolic OH excluding ortho intramolecular Hbond substituents is 1. The molecule has 1 heterocycles. The fraction of sp³-hybridized carbons (Fsp3) is 0.455. The van der Waals surface area contributed by atoms with Crippen LogP contribution in [0.1, 0.15) is 6.42 Å². The van der Waals surface area contributed by atoms with Gasteiger partial charge in [-0.05, 0) is 30.7 Å². The highest BCUT2D eigenvalue weighted by Gasteiger charge is 2.23. The zero-order valence-corrected chi connectivity index (χ0v) is 9.07. The summed E-state index contributed by atoms with van der Waals surface area (Å²) in [4.78, 5) is 0. The van der Waals surface area contributed by atoms with Crippen molar-refractivity contribution in [3.8, 4) is 5.75 Å². The maximum atomic E-state index is 9.14. The van der Waals surface area contributed by atoms with Gasteiger partial charge in [-0.15, -0.1) is 11.6 Å². The molecule has 1 aliphatic rings. The summed E-state index contributed by atoms with van der Waals surface area (Å²) < 4.78 is 5.26. The Morgan fingerprint density at radius 1 is 1.33 bits per heavy atom. The average molecular weight is 228 g/mol. The average Bonchev–Trinajstić information content (AvgIpc) is 2.25. The van der Waals surface area contributed by atoms with E-state index in [2.05, 4.69) is 5.32 Å². The quantitative estimate of drug-likeness (QED) is 0.601. The van der Waals surface area contributed by atoms with Gasteiger partial charge < -0.3 is 15.2 Å². The summed E-state index contributed by atoms with van der Waals surface area (Å²) in [5, 5.41) is 12.5. The van der Waals surface area contributed by atoms with Crippen LogP contribution in [0.2, 0.25) is 0 Å². The van der Waals surface area contributed by atoms with E-state index in [1.165, 1.54) is 0 Å². The first kappa shape index (κ1) is 10.6. The molecule has 15 heavy (non-hydrogen) atoms. The van der Waals surface area contributed by atoms with E-state index in [-0.39, 0.29) is 17.2 Å². The molecule has 4 heteroatoms. The zero-order chi connectivity index (χ0) is 10.7. The smallest absolute Gasteiger partial charge is 0.115 e. The predicted molar refractivity (Wildman–Crippen MR) is 60.6 cm³/mol. The van der Waals surface area contributed by atoms with Gasteiger partial charge in [0.1, 0.15) is 5.75 Å². The summed E-state index contributed by atoms with van der Waals surface area (Å²) in [5.41, 5.74) is 0.977. The predicted octanol–water partition coefficient (Wildman–Crippen LogP) is 2.20. The molecule has 2 unspecified atom stereocenters. The van der Waals surface area contributed by atoms with Gasteiger partial charge in [0.05, 0.1) is 12.0 Å². The van der Waals surface area contributed by atoms with Crippen LogP contribution in [0.3, 0.4) is 0 Å². The third-order valence-corrected chi connectivity index (χ3v) is 2.94. The van der Waals surface area contributed by atoms with Crippen LogP contribution in [0.15, 0.2) is 24.3 Å². The van der Waals surface area contributed by atoms with Gasteiger partial charge >= 0.3 is 0 Å². The molecule has 1 fully saturated rings. The zero-order valence-electron chi connectivity index (χ0n) is 8.32. The molecule has 0 aliphatic carbocycles. The Kier molecular flexibility index (Phi) is 3.34. The third kappa shape index (κ3) is 2.76. The number of hydrogen-bond donors (Lipinski definition) is 2. The van der Waals surface area contributed by atoms with E-state index >= 15 is 0 Å². The van der Waals surface area contributed by atoms with Crippen LogP contribution in [-0.4, -0.2) is 29.7 Å². The topological polar surface area (TPSA) is 41.5 Å². The summed E-state index contributed by atoms with van der Waals surface area (Å²) in [6, 6.07) is 7.24. The first-order valence-corrected chi connectivity index (χ1v) is 5.47. The fourth-order valence-corrected chi connectivity index (χ4v) is 1.92. The molecular formula is C11H14ClNO2. The van der Waals surface area contributed by atoms with Crippen molar-refractivity contribution < 1.29 is 9.84 Å². The number of aromatic hydroxyl groups is 1. The van der Waals surface area contributed by atoms with Crippen molar-refractivity contribution in [2.45, 2.75) is 17.8 Å². The molecule has 0 saturated carbocycles. The maximum Gasteiger partial charge on any atom is 0.115 e. The largest absolute Gasteiger partial charge is 0.508 e. The van der Waals surface area contributed by atoms with Crippen molar-refractivity contribution in [3.05, 3.63) is 24.3 Å². The van der Waals surface area contributed by atoms with E-state index in [4.69, 9.17) is 21.4 Å². The minimum Gasteiger partial charge on any atom is -0.508 e. The normalized spacial score (nSPS) is 26.2. The molecule has 0 amide bonds. The second kappa shape index (κ2) is 4.73. The number of benzene rings is 1. The Bertz CT molecular complexity index is 315. The number of anilines is 1. The number of alkyl halides is 1. The van der Waals surface area contributed by atoms with Gasteiger partial charge in [-0.3, -0.25) is 0 Å². The van der Waals surface area contributed by atoms with Crippen LogP contribution in [0, 0.1) is 0 Å². The minimum atomic E-state index is 0.00699. The van der Waals surface area contributed by atoms with Gasteiger partial charge in [-0.25, -0.2) is 0 Å². The molecule has 0 aromatic heterocycles. The molecule has 1 aromatic rings. The van der Waals surface area contributed by atoms with Crippen molar-refractivity contribution in [1.82, 2.24) is 0 Å². The van der Waals surface area contributed by atoms with Crippen LogP contribution in [0.4, 0.5) is 5.69 Å². The van der Waals surface area contributed by atoms with Gasteiger partial charge in [0.25, 0.3) is 0 Å². The molecule has 2 N–H and O–H groups in total. The second-order valence-electron chi connectivity index (χ2n) is 3.68. The highest BCUT2D eigenvalue weighted by molar-refractivity contribution is 6.21. The Morgan fingerprint density at radius 3 is 2.73 bits per heavy atom. The molecule has 1 saturated heterocycles. The summed E-state index contributed by atoms with van der Waals surface area (Å²) in [7, 11) is 0. The van der Waals surface area contributed by atoms with Gasteiger partial charge in [0, 0.05) is 18.3 Å². The number of nitrogens with one attached hydrogen (secondary N) is 1. The van der Waals surface area contributed by atoms with Gasteiger partial charge in [-0.2, -0.15) is 0 Å². The highest BCUT2D eigenvalue weighted by Crippen LogP contribution is 2.20. The Morgan fingerprint density at radius 2 is 2.07 bits per heavy atom. The highest BCUT2D eigenvalue weighted by atomic mass is 35.5. The number of halogens is 1. The van der Waals surface area contributed by atoms with Crippen LogP contribution < -0.4 is 5.32 Å². The summed E-state index contributed by atoms with van der Waals surface area (Å²) >= 11 is 6.13. The molecule has 2 atom stereocenters. The Balaban J connectivity index is 1.98. The molecule has 1 aliphatic heterocycles. The van der Waals surface area contributed by atoms with Crippen LogP contribution in [0.5, 0.6) is 5.75 Å². The third-order valence-electron chi connectivity index (χ3n) is 2.51. The van der Waals surface area contributed by atoms with Crippen LogP contribution in [0.25, 0.3) is 0 Å². The van der Waals surface area contributed by atoms with Crippen molar-refractivity contribution in [2.75, 3.05) is 18.5 Å². The molecule has 0 spiro atoms. The molecular weight excluding hydrogens is 214 g/mol. The van der Waals surface area contributed by atoms with E-state index < -0.39 is 0 Å². The lowest BCUT2D eigenvalue weighted by Crippen LogP contribution is -2.38.